The standard InChI is InChI=1S/C11H8O4/c1-14-10-9-7(6-12)4-2-3-5-8(9)15-11(10)13/h2-5,10H,1H3. The Morgan fingerprint density at radius 2 is 2.13 bits per heavy atom. The van der Waals surface area contributed by atoms with Gasteiger partial charge in [-0.3, -0.25) is 0 Å². The molecule has 0 saturated heterocycles. The number of carbonyl (C=O) groups is 1. The molecule has 0 N–H and O–H groups in total. The largest absolute Gasteiger partial charge is 0.424 e. The monoisotopic (exact) mass is 204 g/mol. The van der Waals surface area contributed by atoms with Crippen LogP contribution in [0.2, 0.25) is 0 Å². The van der Waals surface area contributed by atoms with E-state index in [1.807, 2.05) is 0 Å². The molecular formula is C11H8O4. The van der Waals surface area contributed by atoms with Crippen LogP contribution in [0.15, 0.2) is 41.2 Å². The molecule has 2 aliphatic rings. The first-order chi connectivity index (χ1) is 7.27. The second-order valence-corrected chi connectivity index (χ2v) is 3.05. The van der Waals surface area contributed by atoms with Gasteiger partial charge >= 0.3 is 5.97 Å². The Labute approximate surface area is 86.2 Å². The van der Waals surface area contributed by atoms with Gasteiger partial charge in [-0.2, -0.15) is 0 Å². The summed E-state index contributed by atoms with van der Waals surface area (Å²) in [6, 6.07) is 0. The van der Waals surface area contributed by atoms with Crippen molar-refractivity contribution in [2.45, 2.75) is 6.10 Å². The fourth-order valence-electron chi connectivity index (χ4n) is 1.55. The first-order valence-electron chi connectivity index (χ1n) is 4.37. The Hall–Kier alpha value is -1.90. The van der Waals surface area contributed by atoms with Crippen molar-refractivity contribution in [3.8, 4) is 0 Å². The van der Waals surface area contributed by atoms with Crippen LogP contribution in [0, 0.1) is 0 Å². The lowest BCUT2D eigenvalue weighted by Crippen LogP contribution is -2.21. The zero-order valence-electron chi connectivity index (χ0n) is 8.02. The van der Waals surface area contributed by atoms with E-state index >= 15 is 0 Å². The molecule has 0 aromatic heterocycles. The predicted octanol–water partition coefficient (Wildman–Crippen LogP) is 0.696. The van der Waals surface area contributed by atoms with Crippen molar-refractivity contribution in [3.63, 3.8) is 0 Å². The number of methoxy groups -OCH3 is 1. The summed E-state index contributed by atoms with van der Waals surface area (Å²) in [6.45, 7) is 0. The Kier molecular flexibility index (Phi) is 2.37. The molecule has 15 heavy (non-hydrogen) atoms. The van der Waals surface area contributed by atoms with E-state index in [0.717, 1.165) is 0 Å². The highest BCUT2D eigenvalue weighted by Gasteiger charge is 2.37. The molecule has 1 aliphatic heterocycles. The third-order valence-electron chi connectivity index (χ3n) is 2.21. The summed E-state index contributed by atoms with van der Waals surface area (Å²) in [5.74, 6) is 1.62. The second kappa shape index (κ2) is 3.69. The molecule has 0 spiro atoms. The lowest BCUT2D eigenvalue weighted by Gasteiger charge is -2.06. The molecule has 0 radical (unpaired) electrons. The van der Waals surface area contributed by atoms with Crippen molar-refractivity contribution in [2.75, 3.05) is 7.11 Å². The molecule has 1 heterocycles. The van der Waals surface area contributed by atoms with Gasteiger partial charge in [-0.05, 0) is 12.2 Å². The van der Waals surface area contributed by atoms with Crippen molar-refractivity contribution in [3.05, 3.63) is 41.2 Å². The van der Waals surface area contributed by atoms with Gasteiger partial charge in [0.05, 0.1) is 11.1 Å². The fourth-order valence-corrected chi connectivity index (χ4v) is 1.55. The minimum atomic E-state index is -0.830. The molecule has 0 bridgehead atoms. The van der Waals surface area contributed by atoms with Gasteiger partial charge in [0.15, 0.2) is 6.10 Å². The first-order valence-corrected chi connectivity index (χ1v) is 4.37. The number of carbonyl (C=O) groups excluding carboxylic acids is 2. The molecule has 4 heteroatoms. The first kappa shape index (κ1) is 9.65. The lowest BCUT2D eigenvalue weighted by atomic mass is 10.0. The zero-order valence-corrected chi connectivity index (χ0v) is 8.02. The molecule has 2 rings (SSSR count). The molecule has 0 saturated carbocycles. The number of hydrogen-bond acceptors (Lipinski definition) is 4. The minimum Gasteiger partial charge on any atom is -0.424 e. The molecule has 1 unspecified atom stereocenters. The summed E-state index contributed by atoms with van der Waals surface area (Å²) in [6.07, 6.45) is 5.72. The van der Waals surface area contributed by atoms with E-state index in [1.165, 1.54) is 7.11 Å². The molecule has 4 nitrogen and oxygen atoms in total. The quantitative estimate of drug-likeness (QED) is 0.466. The number of rotatable bonds is 1. The normalized spacial score (nSPS) is 23.7. The Bertz CT molecular complexity index is 447. The van der Waals surface area contributed by atoms with Crippen molar-refractivity contribution >= 4 is 11.9 Å². The third kappa shape index (κ3) is 1.46. The van der Waals surface area contributed by atoms with E-state index in [4.69, 9.17) is 9.47 Å². The van der Waals surface area contributed by atoms with Gasteiger partial charge in [-0.15, -0.1) is 0 Å². The summed E-state index contributed by atoms with van der Waals surface area (Å²) in [5, 5.41) is 0. The van der Waals surface area contributed by atoms with Crippen LogP contribution in [0.3, 0.4) is 0 Å². The number of hydrogen-bond donors (Lipinski definition) is 0. The average molecular weight is 204 g/mol. The van der Waals surface area contributed by atoms with Gasteiger partial charge < -0.3 is 9.47 Å². The van der Waals surface area contributed by atoms with Crippen LogP contribution in [0.1, 0.15) is 0 Å². The van der Waals surface area contributed by atoms with Crippen LogP contribution < -0.4 is 0 Å². The lowest BCUT2D eigenvalue weighted by molar-refractivity contribution is -0.144. The Morgan fingerprint density at radius 3 is 2.80 bits per heavy atom. The molecule has 0 aromatic rings. The Morgan fingerprint density at radius 1 is 1.40 bits per heavy atom. The molecular weight excluding hydrogens is 196 g/mol. The van der Waals surface area contributed by atoms with E-state index in [1.54, 1.807) is 30.2 Å². The van der Waals surface area contributed by atoms with E-state index in [9.17, 15) is 9.59 Å². The minimum absolute atomic E-state index is 0.285. The highest BCUT2D eigenvalue weighted by molar-refractivity contribution is 5.88. The summed E-state index contributed by atoms with van der Waals surface area (Å²) < 4.78 is 9.95. The van der Waals surface area contributed by atoms with Crippen molar-refractivity contribution in [2.24, 2.45) is 0 Å². The van der Waals surface area contributed by atoms with Crippen LogP contribution in [0.4, 0.5) is 0 Å². The number of allylic oxidation sites excluding steroid dienone is 4. The second-order valence-electron chi connectivity index (χ2n) is 3.05. The van der Waals surface area contributed by atoms with Gasteiger partial charge in [-0.25, -0.2) is 9.59 Å². The van der Waals surface area contributed by atoms with Crippen LogP contribution in [-0.4, -0.2) is 25.1 Å². The van der Waals surface area contributed by atoms with Gasteiger partial charge in [0.1, 0.15) is 11.7 Å². The van der Waals surface area contributed by atoms with Crippen LogP contribution in [-0.2, 0) is 19.1 Å². The summed E-state index contributed by atoms with van der Waals surface area (Å²) >= 11 is 0. The highest BCUT2D eigenvalue weighted by atomic mass is 16.6. The predicted molar refractivity (Wildman–Crippen MR) is 51.4 cm³/mol. The third-order valence-corrected chi connectivity index (χ3v) is 2.21. The van der Waals surface area contributed by atoms with Crippen molar-refractivity contribution < 1.29 is 19.1 Å². The van der Waals surface area contributed by atoms with Crippen LogP contribution in [0.5, 0.6) is 0 Å². The fraction of sp³-hybridized carbons (Fsp3) is 0.182. The van der Waals surface area contributed by atoms with Crippen LogP contribution in [0.25, 0.3) is 0 Å². The van der Waals surface area contributed by atoms with E-state index in [2.05, 4.69) is 0 Å². The van der Waals surface area contributed by atoms with Gasteiger partial charge in [0.25, 0.3) is 0 Å². The van der Waals surface area contributed by atoms with Gasteiger partial charge in [0, 0.05) is 7.11 Å². The smallest absolute Gasteiger partial charge is 0.345 e. The van der Waals surface area contributed by atoms with Gasteiger partial charge in [-0.1, -0.05) is 12.2 Å². The summed E-state index contributed by atoms with van der Waals surface area (Å²) in [7, 11) is 1.39. The van der Waals surface area contributed by atoms with Crippen molar-refractivity contribution in [1.82, 2.24) is 0 Å². The Balaban J connectivity index is 2.55. The molecule has 1 aliphatic carbocycles. The van der Waals surface area contributed by atoms with Gasteiger partial charge in [0.2, 0.25) is 0 Å². The molecule has 76 valence electrons. The highest BCUT2D eigenvalue weighted by Crippen LogP contribution is 2.30. The van der Waals surface area contributed by atoms with E-state index < -0.39 is 12.1 Å². The molecule has 0 fully saturated rings. The summed E-state index contributed by atoms with van der Waals surface area (Å²) in [5.41, 5.74) is 0.732. The maximum Gasteiger partial charge on any atom is 0.345 e. The average Bonchev–Trinajstić information content (AvgIpc) is 2.43. The number of esters is 1. The number of ether oxygens (including phenoxy) is 2. The van der Waals surface area contributed by atoms with Crippen LogP contribution >= 0.6 is 0 Å². The summed E-state index contributed by atoms with van der Waals surface area (Å²) in [4.78, 5) is 22.1. The molecule has 0 amide bonds. The SMILES string of the molecule is COC1C(=O)OC2=C1C(=C=O)C=CC=C2. The van der Waals surface area contributed by atoms with Crippen molar-refractivity contribution in [1.29, 1.82) is 0 Å². The zero-order chi connectivity index (χ0) is 10.8. The molecule has 1 atom stereocenters. The van der Waals surface area contributed by atoms with E-state index in [0.29, 0.717) is 11.3 Å². The molecule has 0 aromatic carbocycles. The van der Waals surface area contributed by atoms with E-state index in [-0.39, 0.29) is 5.57 Å². The maximum atomic E-state index is 11.4. The maximum absolute atomic E-state index is 11.4. The topological polar surface area (TPSA) is 52.6 Å².